The first-order valence-corrected chi connectivity index (χ1v) is 11.5. The number of amides is 1. The summed E-state index contributed by atoms with van der Waals surface area (Å²) >= 11 is 1.68. The summed E-state index contributed by atoms with van der Waals surface area (Å²) in [6.07, 6.45) is 9.11. The number of hydrogen-bond acceptors (Lipinski definition) is 4. The zero-order valence-electron chi connectivity index (χ0n) is 16.9. The predicted molar refractivity (Wildman–Crippen MR) is 114 cm³/mol. The van der Waals surface area contributed by atoms with Crippen LogP contribution in [0.1, 0.15) is 43.4 Å². The van der Waals surface area contributed by atoms with Crippen LogP contribution in [0.2, 0.25) is 0 Å². The number of aromatic nitrogens is 3. The molecule has 4 bridgehead atoms. The Hall–Kier alpha value is -2.15. The molecule has 3 aromatic rings. The van der Waals surface area contributed by atoms with Gasteiger partial charge in [-0.3, -0.25) is 9.59 Å². The molecule has 4 saturated carbocycles. The molecule has 7 rings (SSSR count). The number of fused-ring (bicyclic) bond motifs is 3. The average molecular weight is 411 g/mol. The van der Waals surface area contributed by atoms with Crippen molar-refractivity contribution in [3.05, 3.63) is 27.5 Å². The molecular formula is C22H26N4O2S. The highest BCUT2D eigenvalue weighted by Crippen LogP contribution is 2.55. The quantitative estimate of drug-likeness (QED) is 0.720. The van der Waals surface area contributed by atoms with Crippen LogP contribution in [0.4, 0.5) is 0 Å². The SMILES string of the molecule is Cc1cc2c(s1)c1cnn(CC(=O)NC34CC5CC(CC(C5)C3)C4)c(=O)c1n2C. The van der Waals surface area contributed by atoms with Crippen LogP contribution >= 0.6 is 11.3 Å². The monoisotopic (exact) mass is 410 g/mol. The summed E-state index contributed by atoms with van der Waals surface area (Å²) in [6.45, 7) is 2.06. The van der Waals surface area contributed by atoms with E-state index in [0.29, 0.717) is 5.52 Å². The first kappa shape index (κ1) is 17.7. The second-order valence-corrected chi connectivity index (χ2v) is 11.0. The third kappa shape index (κ3) is 2.62. The van der Waals surface area contributed by atoms with Gasteiger partial charge in [0.1, 0.15) is 12.1 Å². The lowest BCUT2D eigenvalue weighted by atomic mass is 9.53. The molecule has 0 atom stereocenters. The molecular weight excluding hydrogens is 384 g/mol. The molecule has 6 nitrogen and oxygen atoms in total. The van der Waals surface area contributed by atoms with Crippen LogP contribution in [0.5, 0.6) is 0 Å². The van der Waals surface area contributed by atoms with Gasteiger partial charge in [-0.05, 0) is 69.3 Å². The maximum atomic E-state index is 13.1. The van der Waals surface area contributed by atoms with Crippen LogP contribution in [0.15, 0.2) is 17.1 Å². The van der Waals surface area contributed by atoms with E-state index in [1.165, 1.54) is 28.8 Å². The molecule has 0 saturated heterocycles. The minimum Gasteiger partial charge on any atom is -0.349 e. The van der Waals surface area contributed by atoms with E-state index in [-0.39, 0.29) is 23.6 Å². The van der Waals surface area contributed by atoms with Gasteiger partial charge in [0.2, 0.25) is 5.91 Å². The lowest BCUT2D eigenvalue weighted by Crippen LogP contribution is -2.60. The maximum absolute atomic E-state index is 13.1. The highest BCUT2D eigenvalue weighted by Gasteiger charge is 2.51. The molecule has 0 unspecified atom stereocenters. The van der Waals surface area contributed by atoms with E-state index < -0.39 is 0 Å². The van der Waals surface area contributed by atoms with E-state index in [2.05, 4.69) is 23.4 Å². The van der Waals surface area contributed by atoms with Crippen molar-refractivity contribution in [1.29, 1.82) is 0 Å². The lowest BCUT2D eigenvalue weighted by Gasteiger charge is -2.56. The number of thiophene rings is 1. The van der Waals surface area contributed by atoms with Gasteiger partial charge in [0.25, 0.3) is 5.56 Å². The van der Waals surface area contributed by atoms with Gasteiger partial charge in [0.05, 0.1) is 16.4 Å². The van der Waals surface area contributed by atoms with Crippen LogP contribution in [-0.2, 0) is 18.4 Å². The van der Waals surface area contributed by atoms with E-state index in [1.54, 1.807) is 17.5 Å². The third-order valence-electron chi connectivity index (χ3n) is 7.53. The van der Waals surface area contributed by atoms with Crippen molar-refractivity contribution in [1.82, 2.24) is 19.7 Å². The predicted octanol–water partition coefficient (Wildman–Crippen LogP) is 3.34. The molecule has 29 heavy (non-hydrogen) atoms. The van der Waals surface area contributed by atoms with Gasteiger partial charge in [-0.25, -0.2) is 4.68 Å². The van der Waals surface area contributed by atoms with Crippen molar-refractivity contribution in [3.8, 4) is 0 Å². The largest absolute Gasteiger partial charge is 0.349 e. The molecule has 4 aliphatic rings. The first-order valence-electron chi connectivity index (χ1n) is 10.7. The van der Waals surface area contributed by atoms with Crippen molar-refractivity contribution in [2.75, 3.05) is 0 Å². The summed E-state index contributed by atoms with van der Waals surface area (Å²) in [5.41, 5.74) is 1.46. The minimum absolute atomic E-state index is 0.00558. The van der Waals surface area contributed by atoms with Crippen LogP contribution in [0, 0.1) is 24.7 Å². The molecule has 0 aromatic carbocycles. The number of rotatable bonds is 3. The van der Waals surface area contributed by atoms with E-state index in [0.717, 1.165) is 52.6 Å². The molecule has 152 valence electrons. The van der Waals surface area contributed by atoms with Crippen LogP contribution < -0.4 is 10.9 Å². The Labute approximate surface area is 172 Å². The maximum Gasteiger partial charge on any atom is 0.291 e. The summed E-state index contributed by atoms with van der Waals surface area (Å²) in [7, 11) is 1.91. The smallest absolute Gasteiger partial charge is 0.291 e. The van der Waals surface area contributed by atoms with Crippen molar-refractivity contribution in [3.63, 3.8) is 0 Å². The normalized spacial score (nSPS) is 30.5. The number of aryl methyl sites for hydroxylation is 2. The van der Waals surface area contributed by atoms with Crippen LogP contribution in [0.25, 0.3) is 21.1 Å². The summed E-state index contributed by atoms with van der Waals surface area (Å²) in [5, 5.41) is 8.58. The van der Waals surface area contributed by atoms with E-state index in [4.69, 9.17) is 0 Å². The zero-order valence-corrected chi connectivity index (χ0v) is 17.7. The Balaban J connectivity index is 1.29. The van der Waals surface area contributed by atoms with Gasteiger partial charge in [-0.1, -0.05) is 0 Å². The Morgan fingerprint density at radius 2 is 1.90 bits per heavy atom. The standard InChI is InChI=1S/C22H26N4O2S/c1-12-3-17-20(29-12)16-10-23-26(21(28)19(16)25(17)2)11-18(27)24-22-7-13-4-14(8-22)6-15(5-13)9-22/h3,10,13-15H,4-9,11H2,1-2H3,(H,24,27). The van der Waals surface area contributed by atoms with E-state index >= 15 is 0 Å². The Bertz CT molecular complexity index is 1180. The number of carbonyl (C=O) groups is 1. The number of hydrogen-bond donors (Lipinski definition) is 1. The summed E-state index contributed by atoms with van der Waals surface area (Å²) < 4.78 is 4.36. The molecule has 0 aliphatic heterocycles. The Morgan fingerprint density at radius 3 is 2.55 bits per heavy atom. The molecule has 4 aliphatic carbocycles. The average Bonchev–Trinajstić information content (AvgIpc) is 3.13. The van der Waals surface area contributed by atoms with Crippen molar-refractivity contribution in [2.45, 2.75) is 57.5 Å². The number of nitrogens with one attached hydrogen (secondary N) is 1. The van der Waals surface area contributed by atoms with Gasteiger partial charge < -0.3 is 9.88 Å². The minimum atomic E-state index is -0.188. The fraction of sp³-hybridized carbons (Fsp3) is 0.591. The molecule has 3 heterocycles. The number of nitrogens with zero attached hydrogens (tertiary/aromatic N) is 3. The fourth-order valence-corrected chi connectivity index (χ4v) is 7.93. The molecule has 4 fully saturated rings. The highest BCUT2D eigenvalue weighted by atomic mass is 32.1. The molecule has 3 aromatic heterocycles. The van der Waals surface area contributed by atoms with Gasteiger partial charge in [0, 0.05) is 22.8 Å². The summed E-state index contributed by atoms with van der Waals surface area (Å²) in [4.78, 5) is 27.2. The van der Waals surface area contributed by atoms with E-state index in [1.807, 2.05) is 11.6 Å². The molecule has 0 radical (unpaired) electrons. The van der Waals surface area contributed by atoms with Crippen LogP contribution in [-0.4, -0.2) is 25.8 Å². The molecule has 0 spiro atoms. The number of carbonyl (C=O) groups excluding carboxylic acids is 1. The highest BCUT2D eigenvalue weighted by molar-refractivity contribution is 7.20. The third-order valence-corrected chi connectivity index (χ3v) is 8.60. The zero-order chi connectivity index (χ0) is 19.9. The molecule has 7 heteroatoms. The van der Waals surface area contributed by atoms with E-state index in [9.17, 15) is 9.59 Å². The van der Waals surface area contributed by atoms with Gasteiger partial charge in [-0.15, -0.1) is 11.3 Å². The molecule has 1 N–H and O–H groups in total. The summed E-state index contributed by atoms with van der Waals surface area (Å²) in [6, 6.07) is 2.10. The van der Waals surface area contributed by atoms with Gasteiger partial charge in [-0.2, -0.15) is 5.10 Å². The van der Waals surface area contributed by atoms with Crippen molar-refractivity contribution < 1.29 is 4.79 Å². The topological polar surface area (TPSA) is 68.9 Å². The summed E-state index contributed by atoms with van der Waals surface area (Å²) in [5.74, 6) is 2.25. The van der Waals surface area contributed by atoms with Gasteiger partial charge in [0.15, 0.2) is 0 Å². The van der Waals surface area contributed by atoms with Crippen LogP contribution in [0.3, 0.4) is 0 Å². The Morgan fingerprint density at radius 1 is 1.24 bits per heavy atom. The first-order chi connectivity index (χ1) is 13.9. The fourth-order valence-electron chi connectivity index (χ4n) is 6.88. The van der Waals surface area contributed by atoms with Crippen molar-refractivity contribution in [2.24, 2.45) is 24.8 Å². The second-order valence-electron chi connectivity index (χ2n) is 9.75. The second kappa shape index (κ2) is 5.94. The molecule has 1 amide bonds. The Kier molecular flexibility index (Phi) is 3.62. The lowest BCUT2D eigenvalue weighted by molar-refractivity contribution is -0.127. The van der Waals surface area contributed by atoms with Gasteiger partial charge >= 0.3 is 0 Å². The van der Waals surface area contributed by atoms with Crippen molar-refractivity contribution >= 4 is 38.4 Å².